The van der Waals surface area contributed by atoms with E-state index in [2.05, 4.69) is 230 Å². The highest BCUT2D eigenvalue weighted by molar-refractivity contribution is 6.14. The monoisotopic (exact) mass is 1960 g/mol. The van der Waals surface area contributed by atoms with Crippen molar-refractivity contribution in [2.24, 2.45) is 14.1 Å². The summed E-state index contributed by atoms with van der Waals surface area (Å²) in [6.45, 7) is 27.4. The molecule has 9 aliphatic heterocycles. The lowest BCUT2D eigenvalue weighted by Crippen LogP contribution is -2.40. The normalized spacial score (nSPS) is 17.8. The van der Waals surface area contributed by atoms with Crippen LogP contribution in [0.15, 0.2) is 152 Å². The third-order valence-electron chi connectivity index (χ3n) is 32.8. The van der Waals surface area contributed by atoms with Crippen LogP contribution in [0.2, 0.25) is 0 Å². The standard InChI is InChI=1S/2C20H25N5.C19H23N5O.C18H21N5O.C17H17N5O2.C17H19N5O/c2*1-13(2)24-11-9-15-17(24)12-25(14-6-4-3-5-7-14)20-18-16(8-10-21-20)22-23-19(15)18;1-12(2)23-8-4-14-16(23)11-24(13-5-9-25-10-6-13)19-17-15(3-7-20-19)21-22-18(14)17;1-2-22-8-4-13-15(22)11-23(12-5-9-24-10-6-12)18-16-14(3-7-19-18)20-21-17(13)16;1-21-7-3-11-14-13-12(19-20-14)2-6-18-16(13)22(17(23)15(11)21)10-4-8-24-9-5-10;1-21-7-3-12-14(21)10-22(11-4-8-23-9-5-11)17-15-13(2-6-18-17)19-20-16(12)15/h2*8-11,13-14H,3-7,12H2,1-2H3,(H,22,23);3-4,7-8,12-13H,5-6,9-11H2,1-2H3,(H,21,22);3-4,7-8,12H,2,5-6,9-11H2,1H3,(H,20,21);2-3,6-7,10,18H,4-5,8-9H2,1H3;2-3,6-7,11H,4-5,8-10H2,1H3,(H,19,20). The molecule has 4 saturated heterocycles. The molecule has 28 heterocycles. The lowest BCUT2D eigenvalue weighted by atomic mass is 9.94. The number of hydrogen-bond donors (Lipinski definition) is 6. The van der Waals surface area contributed by atoms with Crippen molar-refractivity contribution in [3.05, 3.63) is 186 Å². The van der Waals surface area contributed by atoms with Crippen LogP contribution in [0.1, 0.15) is 217 Å². The molecular formula is C111H130N30O5. The summed E-state index contributed by atoms with van der Waals surface area (Å²) in [5, 5.41) is 55.5. The molecule has 0 unspecified atom stereocenters. The Hall–Kier alpha value is -14.3. The van der Waals surface area contributed by atoms with Crippen LogP contribution in [0.25, 0.3) is 144 Å². The number of rotatable bonds is 10. The molecular weight excluding hydrogens is 1830 g/mol. The van der Waals surface area contributed by atoms with Gasteiger partial charge < -0.3 is 75.8 Å². The Balaban J connectivity index is 0.0000000914. The molecule has 19 aromatic rings. The van der Waals surface area contributed by atoms with Gasteiger partial charge in [0.2, 0.25) is 0 Å². The zero-order valence-corrected chi connectivity index (χ0v) is 85.0. The first-order valence-corrected chi connectivity index (χ1v) is 53.2. The SMILES string of the molecule is CC(C)n1ccc2c1CN(C1CCCCC1)c1nccc3[nH]nc-2c13.CC(C)n1ccc2c1CN(C1CCCCC1)c1nccc3[nH]nc-2c13.CC(C)n1ccc2c1CN(C1CCOCC1)c1nccc3[nH]nc-2c13.CCn1ccc2c1CN(C1CCOCC1)c1nccc3[nH]nc-2c13.Cn1ccc2c1CN(C1CCOCC1)c1nccc3[nH]nc-2c13.Cn1ccc2c3nnc4cc[nH]c(c43)n(C3CCOCC3)c(=O)c21. The van der Waals surface area contributed by atoms with Gasteiger partial charge in [-0.2, -0.15) is 25.5 Å². The first-order valence-electron chi connectivity index (χ1n) is 53.2. The average molecular weight is 1960 g/mol. The number of H-pyrrole nitrogens is 6. The van der Waals surface area contributed by atoms with Crippen molar-refractivity contribution in [3.63, 3.8) is 0 Å². The number of nitrogens with zero attached hydrogens (tertiary/aromatic N) is 24. The van der Waals surface area contributed by atoms with Crippen LogP contribution in [0.3, 0.4) is 0 Å². The number of anilines is 5. The van der Waals surface area contributed by atoms with Crippen molar-refractivity contribution in [1.82, 2.24) is 123 Å². The van der Waals surface area contributed by atoms with Crippen LogP contribution in [0.4, 0.5) is 29.1 Å². The maximum Gasteiger partial charge on any atom is 0.276 e. The number of fused-ring (bicyclic) bond motifs is 12. The second-order valence-corrected chi connectivity index (χ2v) is 42.0. The van der Waals surface area contributed by atoms with Crippen molar-refractivity contribution in [3.8, 4) is 56.3 Å². The zero-order chi connectivity index (χ0) is 98.6. The van der Waals surface area contributed by atoms with E-state index in [-0.39, 0.29) is 11.6 Å². The first kappa shape index (κ1) is 92.8. The molecule has 30 rings (SSSR count). The number of hydrogen-bond acceptors (Lipinski definition) is 22. The minimum Gasteiger partial charge on any atom is -0.381 e. The Labute approximate surface area is 845 Å². The van der Waals surface area contributed by atoms with Crippen molar-refractivity contribution in [2.75, 3.05) is 77.4 Å². The van der Waals surface area contributed by atoms with E-state index in [0.29, 0.717) is 67.1 Å². The molecule has 2 saturated carbocycles. The van der Waals surface area contributed by atoms with E-state index in [0.717, 1.165) is 259 Å². The van der Waals surface area contributed by atoms with E-state index < -0.39 is 0 Å². The average Bonchev–Trinajstić information content (AvgIpc) is 1.59. The van der Waals surface area contributed by atoms with Gasteiger partial charge in [0.15, 0.2) is 0 Å². The van der Waals surface area contributed by atoms with Crippen LogP contribution >= 0.6 is 0 Å². The maximum absolute atomic E-state index is 13.4. The van der Waals surface area contributed by atoms with Gasteiger partial charge in [0.05, 0.1) is 92.6 Å². The highest BCUT2D eigenvalue weighted by Gasteiger charge is 2.40. The van der Waals surface area contributed by atoms with Gasteiger partial charge in [0.1, 0.15) is 79.8 Å². The molecule has 6 fully saturated rings. The van der Waals surface area contributed by atoms with Crippen molar-refractivity contribution < 1.29 is 18.9 Å². The van der Waals surface area contributed by atoms with E-state index in [1.54, 1.807) is 0 Å². The van der Waals surface area contributed by atoms with Crippen molar-refractivity contribution >= 4 is 117 Å². The Bertz CT molecular complexity index is 7690. The van der Waals surface area contributed by atoms with Gasteiger partial charge in [-0.25, -0.2) is 24.9 Å². The highest BCUT2D eigenvalue weighted by Crippen LogP contribution is 2.50. The van der Waals surface area contributed by atoms with Crippen LogP contribution in [0, 0.1) is 0 Å². The fraction of sp³-hybridized carbons (Fsp3) is 0.450. The quantitative estimate of drug-likeness (QED) is 0.0740. The third-order valence-corrected chi connectivity index (χ3v) is 32.8. The number of aromatic nitrogens is 25. The molecule has 754 valence electrons. The van der Waals surface area contributed by atoms with Gasteiger partial charge in [-0.3, -0.25) is 34.9 Å². The Morgan fingerprint density at radius 2 is 0.664 bits per heavy atom. The van der Waals surface area contributed by atoms with Gasteiger partial charge >= 0.3 is 0 Å². The van der Waals surface area contributed by atoms with E-state index in [4.69, 9.17) is 43.9 Å². The summed E-state index contributed by atoms with van der Waals surface area (Å²) in [5.41, 5.74) is 26.5. The third kappa shape index (κ3) is 16.2. The Morgan fingerprint density at radius 1 is 0.342 bits per heavy atom. The fourth-order valence-corrected chi connectivity index (χ4v) is 25.3. The maximum atomic E-state index is 13.4. The van der Waals surface area contributed by atoms with Crippen LogP contribution in [0.5, 0.6) is 0 Å². The van der Waals surface area contributed by atoms with Crippen LogP contribution in [-0.4, -0.2) is 206 Å². The summed E-state index contributed by atoms with van der Waals surface area (Å²) in [4.78, 5) is 53.1. The molecule has 35 heteroatoms. The van der Waals surface area contributed by atoms with Crippen LogP contribution in [-0.2, 0) is 72.3 Å². The molecule has 2 aliphatic carbocycles. The summed E-state index contributed by atoms with van der Waals surface area (Å²) in [7, 11) is 4.00. The molecule has 0 spiro atoms. The summed E-state index contributed by atoms with van der Waals surface area (Å²) in [6.07, 6.45) is 45.2. The molecule has 0 atom stereocenters. The summed E-state index contributed by atoms with van der Waals surface area (Å²) in [5.74, 6) is 5.38. The predicted octanol–water partition coefficient (Wildman–Crippen LogP) is 20.4. The van der Waals surface area contributed by atoms with E-state index in [9.17, 15) is 4.79 Å². The molecule has 0 radical (unpaired) electrons. The number of aryl methyl sites for hydroxylation is 3. The molecule has 0 bridgehead atoms. The molecule has 146 heavy (non-hydrogen) atoms. The smallest absolute Gasteiger partial charge is 0.276 e. The topological polar surface area (TPSA) is 354 Å². The molecule has 0 amide bonds. The lowest BCUT2D eigenvalue weighted by Gasteiger charge is -2.35. The van der Waals surface area contributed by atoms with Crippen molar-refractivity contribution in [2.45, 2.75) is 258 Å². The van der Waals surface area contributed by atoms with E-state index in [1.165, 1.54) is 131 Å². The number of aromatic amines is 6. The molecule has 19 aromatic heterocycles. The van der Waals surface area contributed by atoms with Crippen molar-refractivity contribution in [1.29, 1.82) is 0 Å². The first-order chi connectivity index (χ1) is 71.7. The Morgan fingerprint density at radius 3 is 1.03 bits per heavy atom. The minimum absolute atomic E-state index is 0.00569. The van der Waals surface area contributed by atoms with Gasteiger partial charge in [-0.1, -0.05) is 38.5 Å². The summed E-state index contributed by atoms with van der Waals surface area (Å²) in [6, 6.07) is 28.9. The lowest BCUT2D eigenvalue weighted by molar-refractivity contribution is 0.0698. The van der Waals surface area contributed by atoms with Gasteiger partial charge in [0.25, 0.3) is 5.56 Å². The minimum atomic E-state index is 0.00569. The predicted molar refractivity (Wildman–Crippen MR) is 572 cm³/mol. The largest absolute Gasteiger partial charge is 0.381 e. The molecule has 35 nitrogen and oxygen atoms in total. The van der Waals surface area contributed by atoms with E-state index >= 15 is 0 Å². The highest BCUT2D eigenvalue weighted by atomic mass is 16.5. The zero-order valence-electron chi connectivity index (χ0n) is 85.0. The van der Waals surface area contributed by atoms with Crippen LogP contribution < -0.4 is 30.1 Å². The number of nitrogens with one attached hydrogen (secondary N) is 6. The second kappa shape index (κ2) is 38.9. The second-order valence-electron chi connectivity index (χ2n) is 42.0. The van der Waals surface area contributed by atoms with Gasteiger partial charge in [0, 0.05) is 264 Å². The van der Waals surface area contributed by atoms with Gasteiger partial charge in [-0.15, -0.1) is 10.2 Å². The van der Waals surface area contributed by atoms with Gasteiger partial charge in [-0.05, 0) is 198 Å². The number of ether oxygens (including phenoxy) is 4. The number of pyridine rings is 6. The summed E-state index contributed by atoms with van der Waals surface area (Å²) < 4.78 is 37.7. The summed E-state index contributed by atoms with van der Waals surface area (Å²) >= 11 is 0. The fourth-order valence-electron chi connectivity index (χ4n) is 25.3. The van der Waals surface area contributed by atoms with E-state index in [1.807, 2.05) is 102 Å². The molecule has 11 aliphatic rings. The molecule has 0 aromatic carbocycles. The Kier molecular flexibility index (Phi) is 24.7. The molecule has 6 N–H and O–H groups in total.